The van der Waals surface area contributed by atoms with Crippen LogP contribution >= 0.6 is 0 Å². The summed E-state index contributed by atoms with van der Waals surface area (Å²) >= 11 is 0. The number of pyridine rings is 2. The number of nitrogens with zero attached hydrogens (tertiary/aromatic N) is 2. The first-order valence-electron chi connectivity index (χ1n) is 14.8. The van der Waals surface area contributed by atoms with E-state index in [-0.39, 0.29) is 0 Å². The number of benzene rings is 6. The summed E-state index contributed by atoms with van der Waals surface area (Å²) in [5.41, 5.74) is 3.37. The van der Waals surface area contributed by atoms with Crippen molar-refractivity contribution in [3.63, 3.8) is 0 Å². The lowest BCUT2D eigenvalue weighted by Gasteiger charge is -2.07. The molecule has 45 heavy (non-hydrogen) atoms. The Balaban J connectivity index is 1.10. The molecule has 0 saturated heterocycles. The smallest absolute Gasteiger partial charge is 0.132 e. The summed E-state index contributed by atoms with van der Waals surface area (Å²) in [5, 5.41) is 12.6. The van der Waals surface area contributed by atoms with Crippen LogP contribution in [0, 0.1) is 23.7 Å². The minimum Gasteiger partial charge on any atom is -0.325 e. The van der Waals surface area contributed by atoms with Gasteiger partial charge in [0, 0.05) is 11.1 Å². The first-order chi connectivity index (χ1) is 22.3. The first-order valence-corrected chi connectivity index (χ1v) is 14.8. The van der Waals surface area contributed by atoms with Crippen molar-refractivity contribution in [1.29, 1.82) is 0 Å². The van der Waals surface area contributed by atoms with Gasteiger partial charge < -0.3 is 5.32 Å². The van der Waals surface area contributed by atoms with E-state index in [9.17, 15) is 0 Å². The number of rotatable bonds is 2. The van der Waals surface area contributed by atoms with Gasteiger partial charge in [0.15, 0.2) is 0 Å². The van der Waals surface area contributed by atoms with Crippen molar-refractivity contribution in [2.75, 3.05) is 5.32 Å². The summed E-state index contributed by atoms with van der Waals surface area (Å²) < 4.78 is 0. The van der Waals surface area contributed by atoms with Crippen LogP contribution in [0.25, 0.3) is 43.1 Å². The highest BCUT2D eigenvalue weighted by Crippen LogP contribution is 2.29. The van der Waals surface area contributed by atoms with Gasteiger partial charge in [-0.05, 0) is 91.3 Å². The first kappa shape index (κ1) is 26.2. The third-order valence-corrected chi connectivity index (χ3v) is 7.93. The van der Waals surface area contributed by atoms with E-state index < -0.39 is 0 Å². The van der Waals surface area contributed by atoms with Crippen LogP contribution in [0.4, 0.5) is 11.6 Å². The molecule has 208 valence electrons. The molecule has 0 aliphatic heterocycles. The summed E-state index contributed by atoms with van der Waals surface area (Å²) in [6, 6.07) is 49.5. The van der Waals surface area contributed by atoms with Gasteiger partial charge in [-0.1, -0.05) is 121 Å². The Labute approximate surface area is 261 Å². The fourth-order valence-electron chi connectivity index (χ4n) is 5.83. The highest BCUT2D eigenvalue weighted by molar-refractivity contribution is 6.05. The molecule has 0 unspecified atom stereocenters. The number of aromatic nitrogens is 2. The highest BCUT2D eigenvalue weighted by atomic mass is 15.1. The van der Waals surface area contributed by atoms with Gasteiger partial charge in [0.2, 0.25) is 0 Å². The Kier molecular flexibility index (Phi) is 6.61. The molecule has 0 fully saturated rings. The summed E-state index contributed by atoms with van der Waals surface area (Å²) in [5.74, 6) is 14.8. The molecule has 8 aromatic rings. The van der Waals surface area contributed by atoms with Crippen LogP contribution in [0.3, 0.4) is 0 Å². The lowest BCUT2D eigenvalue weighted by Crippen LogP contribution is -1.98. The molecule has 6 aromatic carbocycles. The zero-order valence-electron chi connectivity index (χ0n) is 24.3. The molecule has 0 radical (unpaired) electrons. The van der Waals surface area contributed by atoms with E-state index in [0.29, 0.717) is 23.0 Å². The third kappa shape index (κ3) is 5.21. The third-order valence-electron chi connectivity index (χ3n) is 7.93. The predicted molar refractivity (Wildman–Crippen MR) is 187 cm³/mol. The zero-order valence-corrected chi connectivity index (χ0v) is 24.3. The second-order valence-electron chi connectivity index (χ2n) is 10.8. The quantitative estimate of drug-likeness (QED) is 0.166. The van der Waals surface area contributed by atoms with Crippen molar-refractivity contribution in [2.24, 2.45) is 0 Å². The average Bonchev–Trinajstić information content (AvgIpc) is 3.09. The molecule has 3 heteroatoms. The summed E-state index contributed by atoms with van der Waals surface area (Å²) in [6.07, 6.45) is 0. The maximum Gasteiger partial charge on any atom is 0.132 e. The van der Waals surface area contributed by atoms with Crippen LogP contribution in [0.1, 0.15) is 22.5 Å². The topological polar surface area (TPSA) is 37.8 Å². The number of hydrogen-bond acceptors (Lipinski definition) is 3. The Morgan fingerprint density at radius 1 is 0.356 bits per heavy atom. The van der Waals surface area contributed by atoms with Crippen molar-refractivity contribution in [3.05, 3.63) is 168 Å². The molecule has 0 atom stereocenters. The van der Waals surface area contributed by atoms with E-state index in [0.717, 1.165) is 32.7 Å². The van der Waals surface area contributed by atoms with Crippen molar-refractivity contribution in [3.8, 4) is 23.7 Å². The molecule has 1 N–H and O–H groups in total. The van der Waals surface area contributed by atoms with Crippen LogP contribution in [0.15, 0.2) is 146 Å². The van der Waals surface area contributed by atoms with E-state index in [2.05, 4.69) is 138 Å². The molecular formula is C42H25N3. The number of fused-ring (bicyclic) bond motifs is 4. The van der Waals surface area contributed by atoms with Gasteiger partial charge in [0.05, 0.1) is 0 Å². The van der Waals surface area contributed by atoms with Gasteiger partial charge in [0.1, 0.15) is 23.0 Å². The molecule has 0 aliphatic carbocycles. The van der Waals surface area contributed by atoms with E-state index >= 15 is 0 Å². The van der Waals surface area contributed by atoms with Gasteiger partial charge >= 0.3 is 0 Å². The van der Waals surface area contributed by atoms with Gasteiger partial charge in [-0.25, -0.2) is 9.97 Å². The van der Waals surface area contributed by atoms with Crippen molar-refractivity contribution in [1.82, 2.24) is 9.97 Å². The second kappa shape index (κ2) is 11.3. The van der Waals surface area contributed by atoms with Crippen LogP contribution in [-0.2, 0) is 0 Å². The highest BCUT2D eigenvalue weighted by Gasteiger charge is 2.07. The molecular weight excluding hydrogens is 546 g/mol. The lowest BCUT2D eigenvalue weighted by atomic mass is 9.97. The monoisotopic (exact) mass is 571 g/mol. The summed E-state index contributed by atoms with van der Waals surface area (Å²) in [7, 11) is 0. The molecule has 3 nitrogen and oxygen atoms in total. The fraction of sp³-hybridized carbons (Fsp3) is 0. The van der Waals surface area contributed by atoms with Gasteiger partial charge in [-0.15, -0.1) is 0 Å². The minimum atomic E-state index is 0.669. The van der Waals surface area contributed by atoms with Gasteiger partial charge in [0.25, 0.3) is 0 Å². The Morgan fingerprint density at radius 2 is 0.711 bits per heavy atom. The maximum absolute atomic E-state index is 4.77. The summed E-state index contributed by atoms with van der Waals surface area (Å²) in [6.45, 7) is 0. The molecule has 8 rings (SSSR count). The molecule has 2 aromatic heterocycles. The number of anilines is 2. The lowest BCUT2D eigenvalue weighted by molar-refractivity contribution is 1.22. The maximum atomic E-state index is 4.77. The Hall–Kier alpha value is -6.42. The van der Waals surface area contributed by atoms with E-state index in [1.54, 1.807) is 0 Å². The van der Waals surface area contributed by atoms with E-state index in [4.69, 9.17) is 9.97 Å². The van der Waals surface area contributed by atoms with Crippen LogP contribution < -0.4 is 5.32 Å². The van der Waals surface area contributed by atoms with E-state index in [1.165, 1.54) is 21.5 Å². The van der Waals surface area contributed by atoms with Crippen LogP contribution in [0.2, 0.25) is 0 Å². The van der Waals surface area contributed by atoms with E-state index in [1.807, 2.05) is 36.4 Å². The second-order valence-corrected chi connectivity index (χ2v) is 10.8. The van der Waals surface area contributed by atoms with Crippen LogP contribution in [0.5, 0.6) is 0 Å². The van der Waals surface area contributed by atoms with Gasteiger partial charge in [-0.2, -0.15) is 0 Å². The predicted octanol–water partition coefficient (Wildman–Crippen LogP) is 9.63. The standard InChI is InChI=1S/C42H25N3/c1-5-17-35-29(11-1)27-30-12-2-6-18-36(30)39(35)25-23-33-15-9-21-41(43-33)45-42-22-10-16-34(44-42)24-26-40-37-19-7-3-13-31(37)28-32-14-4-8-20-38(32)40/h1-22,27-28H,(H,43,44,45). The largest absolute Gasteiger partial charge is 0.325 e. The molecule has 0 amide bonds. The molecule has 0 saturated carbocycles. The van der Waals surface area contributed by atoms with Crippen molar-refractivity contribution >= 4 is 54.7 Å². The average molecular weight is 572 g/mol. The Bertz CT molecular complexity index is 2250. The molecule has 0 bridgehead atoms. The van der Waals surface area contributed by atoms with Gasteiger partial charge in [-0.3, -0.25) is 0 Å². The number of hydrogen-bond donors (Lipinski definition) is 1. The number of nitrogens with one attached hydrogen (secondary N) is 1. The summed E-state index contributed by atoms with van der Waals surface area (Å²) in [4.78, 5) is 9.55. The van der Waals surface area contributed by atoms with Crippen LogP contribution in [-0.4, -0.2) is 9.97 Å². The molecule has 0 aliphatic rings. The molecule has 0 spiro atoms. The minimum absolute atomic E-state index is 0.669. The van der Waals surface area contributed by atoms with Crippen molar-refractivity contribution in [2.45, 2.75) is 0 Å². The Morgan fingerprint density at radius 3 is 1.09 bits per heavy atom. The SMILES string of the molecule is C(#Cc1c2ccccc2cc2ccccc12)c1cccc(Nc2cccc(C#Cc3c4ccccc4cc4ccccc34)n2)n1. The fourth-order valence-corrected chi connectivity index (χ4v) is 5.83. The van der Waals surface area contributed by atoms with Crippen molar-refractivity contribution < 1.29 is 0 Å². The zero-order chi connectivity index (χ0) is 30.0. The molecule has 2 heterocycles. The normalized spacial score (nSPS) is 10.8.